The monoisotopic (exact) mass is 387 g/mol. The maximum absolute atomic E-state index is 12.7. The third-order valence-electron chi connectivity index (χ3n) is 4.21. The van der Waals surface area contributed by atoms with Crippen LogP contribution in [0.3, 0.4) is 0 Å². The molecule has 0 radical (unpaired) electrons. The van der Waals surface area contributed by atoms with Gasteiger partial charge in [-0.1, -0.05) is 29.8 Å². The first kappa shape index (κ1) is 19.0. The first-order valence-corrected chi connectivity index (χ1v) is 8.85. The van der Waals surface area contributed by atoms with Gasteiger partial charge in [-0.15, -0.1) is 0 Å². The number of nitrogens with one attached hydrogen (secondary N) is 1. The van der Waals surface area contributed by atoms with E-state index in [9.17, 15) is 14.4 Å². The predicted molar refractivity (Wildman–Crippen MR) is 99.6 cm³/mol. The van der Waals surface area contributed by atoms with Gasteiger partial charge in [0.2, 0.25) is 5.91 Å². The number of amides is 3. The van der Waals surface area contributed by atoms with Crippen molar-refractivity contribution in [3.63, 3.8) is 0 Å². The molecule has 0 aliphatic carbocycles. The Labute approximate surface area is 161 Å². The molecule has 3 rings (SSSR count). The molecule has 0 spiro atoms. The average Bonchev–Trinajstić information content (AvgIpc) is 2.66. The second kappa shape index (κ2) is 8.28. The summed E-state index contributed by atoms with van der Waals surface area (Å²) in [6.07, 6.45) is 5.99. The van der Waals surface area contributed by atoms with E-state index in [0.29, 0.717) is 17.9 Å². The summed E-state index contributed by atoms with van der Waals surface area (Å²) in [5.41, 5.74) is 1.60. The summed E-state index contributed by atoms with van der Waals surface area (Å²) >= 11 is 5.82. The Kier molecular flexibility index (Phi) is 5.83. The van der Waals surface area contributed by atoms with Crippen LogP contribution >= 0.6 is 11.6 Å². The van der Waals surface area contributed by atoms with Crippen LogP contribution in [-0.2, 0) is 20.9 Å². The van der Waals surface area contributed by atoms with Gasteiger partial charge in [-0.2, -0.15) is 4.99 Å². The minimum atomic E-state index is -1.51. The number of hydrogen-bond acceptors (Lipinski definition) is 4. The van der Waals surface area contributed by atoms with Crippen molar-refractivity contribution in [2.24, 2.45) is 10.9 Å². The number of carbonyl (C=O) groups is 3. The summed E-state index contributed by atoms with van der Waals surface area (Å²) in [5.74, 6) is -3.42. The molecule has 2 N–H and O–H groups in total. The third kappa shape index (κ3) is 4.32. The van der Waals surface area contributed by atoms with Gasteiger partial charge in [0.1, 0.15) is 5.84 Å². The standard InChI is InChI=1S/C19H18ClN3O4/c20-14-6-3-12(4-7-14)10-21-17(25)16-18(26)22-15-8-5-13(2-1-9-24)11-23(15)19(16)27/h3-8,11,16,24H,1-2,9-10H2,(H,21,25). The number of nitrogens with zero attached hydrogens (tertiary/aromatic N) is 2. The number of allylic oxidation sites excluding steroid dienone is 2. The van der Waals surface area contributed by atoms with E-state index in [-0.39, 0.29) is 19.0 Å². The maximum Gasteiger partial charge on any atom is 0.269 e. The molecule has 2 aliphatic heterocycles. The quantitative estimate of drug-likeness (QED) is 0.723. The highest BCUT2D eigenvalue weighted by molar-refractivity contribution is 6.30. The zero-order chi connectivity index (χ0) is 19.4. The van der Waals surface area contributed by atoms with Crippen molar-refractivity contribution in [2.45, 2.75) is 19.4 Å². The average molecular weight is 388 g/mol. The number of rotatable bonds is 6. The zero-order valence-corrected chi connectivity index (χ0v) is 15.1. The van der Waals surface area contributed by atoms with E-state index in [4.69, 9.17) is 16.7 Å². The van der Waals surface area contributed by atoms with E-state index < -0.39 is 23.6 Å². The molecule has 0 bridgehead atoms. The van der Waals surface area contributed by atoms with Crippen molar-refractivity contribution >= 4 is 35.2 Å². The van der Waals surface area contributed by atoms with Gasteiger partial charge in [0, 0.05) is 24.4 Å². The molecular weight excluding hydrogens is 370 g/mol. The molecule has 0 aromatic heterocycles. The topological polar surface area (TPSA) is 99.1 Å². The van der Waals surface area contributed by atoms with Crippen molar-refractivity contribution < 1.29 is 19.5 Å². The van der Waals surface area contributed by atoms with Gasteiger partial charge in [0.25, 0.3) is 11.8 Å². The smallest absolute Gasteiger partial charge is 0.269 e. The molecule has 1 aromatic rings. The number of aliphatic imine (C=N–C) groups is 1. The van der Waals surface area contributed by atoms with Crippen LogP contribution in [0.1, 0.15) is 18.4 Å². The molecule has 140 valence electrons. The summed E-state index contributed by atoms with van der Waals surface area (Å²) in [6.45, 7) is 0.204. The van der Waals surface area contributed by atoms with E-state index in [1.807, 2.05) is 0 Å². The third-order valence-corrected chi connectivity index (χ3v) is 4.46. The van der Waals surface area contributed by atoms with Crippen LogP contribution in [0.5, 0.6) is 0 Å². The molecule has 27 heavy (non-hydrogen) atoms. The molecule has 0 saturated carbocycles. The Morgan fingerprint density at radius 2 is 1.96 bits per heavy atom. The van der Waals surface area contributed by atoms with Crippen molar-refractivity contribution in [1.82, 2.24) is 10.2 Å². The number of hydrogen-bond donors (Lipinski definition) is 2. The normalized spacial score (nSPS) is 18.7. The van der Waals surface area contributed by atoms with Crippen LogP contribution in [0.15, 0.2) is 53.2 Å². The van der Waals surface area contributed by atoms with Gasteiger partial charge < -0.3 is 10.4 Å². The maximum atomic E-state index is 12.7. The van der Waals surface area contributed by atoms with Crippen molar-refractivity contribution in [2.75, 3.05) is 6.61 Å². The van der Waals surface area contributed by atoms with Gasteiger partial charge in [-0.25, -0.2) is 0 Å². The fourth-order valence-corrected chi connectivity index (χ4v) is 2.90. The van der Waals surface area contributed by atoms with Gasteiger partial charge in [0.05, 0.1) is 0 Å². The zero-order valence-electron chi connectivity index (χ0n) is 14.4. The van der Waals surface area contributed by atoms with Crippen molar-refractivity contribution in [3.05, 3.63) is 58.8 Å². The Bertz CT molecular complexity index is 858. The summed E-state index contributed by atoms with van der Waals surface area (Å²) in [5, 5.41) is 12.1. The first-order valence-electron chi connectivity index (χ1n) is 8.47. The molecule has 3 amide bonds. The van der Waals surface area contributed by atoms with Crippen LogP contribution in [0, 0.1) is 5.92 Å². The molecule has 0 fully saturated rings. The summed E-state index contributed by atoms with van der Waals surface area (Å²) in [6, 6.07) is 6.87. The van der Waals surface area contributed by atoms with Gasteiger partial charge in [0.15, 0.2) is 5.92 Å². The highest BCUT2D eigenvalue weighted by atomic mass is 35.5. The van der Waals surface area contributed by atoms with Crippen LogP contribution in [0.25, 0.3) is 0 Å². The van der Waals surface area contributed by atoms with E-state index in [1.165, 1.54) is 4.90 Å². The van der Waals surface area contributed by atoms with Crippen LogP contribution in [0.2, 0.25) is 5.02 Å². The lowest BCUT2D eigenvalue weighted by Crippen LogP contribution is -2.50. The number of aliphatic hydroxyl groups excluding tert-OH is 1. The summed E-state index contributed by atoms with van der Waals surface area (Å²) in [4.78, 5) is 42.4. The lowest BCUT2D eigenvalue weighted by molar-refractivity contribution is -0.144. The second-order valence-electron chi connectivity index (χ2n) is 6.16. The molecule has 2 aliphatic rings. The fourth-order valence-electron chi connectivity index (χ4n) is 2.78. The number of aliphatic hydroxyl groups is 1. The number of halogens is 1. The summed E-state index contributed by atoms with van der Waals surface area (Å²) in [7, 11) is 0. The number of carbonyl (C=O) groups excluding carboxylic acids is 3. The Hall–Kier alpha value is -2.77. The Morgan fingerprint density at radius 1 is 1.22 bits per heavy atom. The van der Waals surface area contributed by atoms with Crippen LogP contribution in [-0.4, -0.2) is 40.2 Å². The second-order valence-corrected chi connectivity index (χ2v) is 6.59. The molecule has 1 unspecified atom stereocenters. The minimum Gasteiger partial charge on any atom is -0.396 e. The Morgan fingerprint density at radius 3 is 2.67 bits per heavy atom. The van der Waals surface area contributed by atoms with E-state index >= 15 is 0 Å². The van der Waals surface area contributed by atoms with Gasteiger partial charge in [-0.3, -0.25) is 19.3 Å². The largest absolute Gasteiger partial charge is 0.396 e. The number of benzene rings is 1. The van der Waals surface area contributed by atoms with Gasteiger partial charge >= 0.3 is 0 Å². The van der Waals surface area contributed by atoms with Crippen LogP contribution in [0.4, 0.5) is 0 Å². The Balaban J connectivity index is 1.71. The molecule has 7 nitrogen and oxygen atoms in total. The summed E-state index contributed by atoms with van der Waals surface area (Å²) < 4.78 is 0. The van der Waals surface area contributed by atoms with E-state index in [0.717, 1.165) is 11.1 Å². The van der Waals surface area contributed by atoms with Gasteiger partial charge in [-0.05, 0) is 42.2 Å². The molecule has 0 saturated heterocycles. The lowest BCUT2D eigenvalue weighted by atomic mass is 10.0. The molecular formula is C19H18ClN3O4. The molecule has 2 heterocycles. The first-order chi connectivity index (χ1) is 13.0. The fraction of sp³-hybridized carbons (Fsp3) is 0.263. The van der Waals surface area contributed by atoms with Crippen LogP contribution < -0.4 is 5.32 Å². The predicted octanol–water partition coefficient (Wildman–Crippen LogP) is 1.57. The molecule has 8 heteroatoms. The highest BCUT2D eigenvalue weighted by Crippen LogP contribution is 2.22. The van der Waals surface area contributed by atoms with Crippen molar-refractivity contribution in [1.29, 1.82) is 0 Å². The highest BCUT2D eigenvalue weighted by Gasteiger charge is 2.42. The molecule has 1 aromatic carbocycles. The van der Waals surface area contributed by atoms with E-state index in [1.54, 1.807) is 42.6 Å². The number of amidine groups is 1. The minimum absolute atomic E-state index is 0.0360. The lowest BCUT2D eigenvalue weighted by Gasteiger charge is -2.29. The molecule has 1 atom stereocenters. The van der Waals surface area contributed by atoms with E-state index in [2.05, 4.69) is 10.3 Å². The number of fused-ring (bicyclic) bond motifs is 1. The van der Waals surface area contributed by atoms with Crippen molar-refractivity contribution in [3.8, 4) is 0 Å². The SMILES string of the molecule is O=C1N=C2C=CC(CCCO)=CN2C(=O)C1C(=O)NCc1ccc(Cl)cc1.